The first kappa shape index (κ1) is 23.3. The molecule has 0 aliphatic rings. The molecule has 0 saturated carbocycles. The Bertz CT molecular complexity index is 1110. The Hall–Kier alpha value is -3.36. The number of aryl methyl sites for hydroxylation is 1. The summed E-state index contributed by atoms with van der Waals surface area (Å²) < 4.78 is 11.4. The van der Waals surface area contributed by atoms with Crippen LogP contribution in [-0.2, 0) is 6.42 Å². The van der Waals surface area contributed by atoms with Gasteiger partial charge in [-0.3, -0.25) is 0 Å². The third-order valence-corrected chi connectivity index (χ3v) is 5.73. The number of benzene rings is 2. The van der Waals surface area contributed by atoms with Crippen molar-refractivity contribution >= 4 is 23.0 Å². The summed E-state index contributed by atoms with van der Waals surface area (Å²) in [7, 11) is 0. The van der Waals surface area contributed by atoms with Crippen molar-refractivity contribution in [2.24, 2.45) is 0 Å². The van der Waals surface area contributed by atoms with Gasteiger partial charge in [0, 0.05) is 10.9 Å². The van der Waals surface area contributed by atoms with Crippen LogP contribution >= 0.6 is 11.3 Å². The van der Waals surface area contributed by atoms with Gasteiger partial charge in [-0.2, -0.15) is 5.26 Å². The fourth-order valence-corrected chi connectivity index (χ4v) is 4.01. The molecule has 0 aliphatic heterocycles. The van der Waals surface area contributed by atoms with E-state index in [-0.39, 0.29) is 0 Å². The lowest BCUT2D eigenvalue weighted by Gasteiger charge is -2.11. The number of hydrogen-bond donors (Lipinski definition) is 0. The largest absolute Gasteiger partial charge is 0.490 e. The van der Waals surface area contributed by atoms with Gasteiger partial charge >= 0.3 is 0 Å². The van der Waals surface area contributed by atoms with Crippen LogP contribution in [0.1, 0.15) is 42.8 Å². The van der Waals surface area contributed by atoms with Crippen molar-refractivity contribution in [2.45, 2.75) is 33.1 Å². The SMILES string of the molecule is C=CCOc1ccc(/C=C(\C#N)c2nc(-c3ccc(CCCC)cc3)cs2)cc1OCC. The molecule has 1 aromatic heterocycles. The van der Waals surface area contributed by atoms with Crippen LogP contribution in [0.15, 0.2) is 60.5 Å². The topological polar surface area (TPSA) is 55.1 Å². The van der Waals surface area contributed by atoms with E-state index < -0.39 is 0 Å². The highest BCUT2D eigenvalue weighted by Gasteiger charge is 2.11. The maximum Gasteiger partial charge on any atom is 0.161 e. The van der Waals surface area contributed by atoms with Crippen LogP contribution < -0.4 is 9.47 Å². The molecule has 0 amide bonds. The number of ether oxygens (including phenoxy) is 2. The maximum atomic E-state index is 9.76. The first-order chi connectivity index (χ1) is 15.7. The molecule has 0 radical (unpaired) electrons. The zero-order valence-electron chi connectivity index (χ0n) is 18.6. The van der Waals surface area contributed by atoms with E-state index >= 15 is 0 Å². The molecular weight excluding hydrogens is 416 g/mol. The molecule has 0 bridgehead atoms. The summed E-state index contributed by atoms with van der Waals surface area (Å²) in [6, 6.07) is 16.5. The van der Waals surface area contributed by atoms with Crippen LogP contribution in [0.3, 0.4) is 0 Å². The Labute approximate surface area is 194 Å². The molecule has 0 fully saturated rings. The van der Waals surface area contributed by atoms with Crippen molar-refractivity contribution < 1.29 is 9.47 Å². The van der Waals surface area contributed by atoms with Crippen molar-refractivity contribution in [1.29, 1.82) is 5.26 Å². The van der Waals surface area contributed by atoms with E-state index in [0.717, 1.165) is 23.2 Å². The summed E-state index contributed by atoms with van der Waals surface area (Å²) in [4.78, 5) is 4.72. The number of allylic oxidation sites excluding steroid dienone is 1. The van der Waals surface area contributed by atoms with Gasteiger partial charge < -0.3 is 9.47 Å². The van der Waals surface area contributed by atoms with Gasteiger partial charge in [0.25, 0.3) is 0 Å². The molecule has 0 atom stereocenters. The number of aromatic nitrogens is 1. The molecule has 164 valence electrons. The van der Waals surface area contributed by atoms with E-state index in [2.05, 4.69) is 43.8 Å². The summed E-state index contributed by atoms with van der Waals surface area (Å²) >= 11 is 1.47. The highest BCUT2D eigenvalue weighted by atomic mass is 32.1. The van der Waals surface area contributed by atoms with E-state index in [1.54, 1.807) is 6.08 Å². The second kappa shape index (κ2) is 11.9. The Morgan fingerprint density at radius 2 is 1.94 bits per heavy atom. The van der Waals surface area contributed by atoms with E-state index in [1.807, 2.05) is 36.6 Å². The van der Waals surface area contributed by atoms with Crippen LogP contribution in [0.25, 0.3) is 22.9 Å². The minimum atomic E-state index is 0.403. The summed E-state index contributed by atoms with van der Waals surface area (Å²) in [6.07, 6.45) is 7.01. The normalized spacial score (nSPS) is 11.1. The molecule has 0 spiro atoms. The first-order valence-electron chi connectivity index (χ1n) is 10.9. The van der Waals surface area contributed by atoms with Crippen LogP contribution in [0.2, 0.25) is 0 Å². The minimum Gasteiger partial charge on any atom is -0.490 e. The smallest absolute Gasteiger partial charge is 0.161 e. The number of thiazole rings is 1. The molecule has 1 heterocycles. The van der Waals surface area contributed by atoms with Gasteiger partial charge in [-0.1, -0.05) is 56.3 Å². The minimum absolute atomic E-state index is 0.403. The molecule has 0 unspecified atom stereocenters. The zero-order valence-corrected chi connectivity index (χ0v) is 19.5. The lowest BCUT2D eigenvalue weighted by Crippen LogP contribution is -1.99. The summed E-state index contributed by atoms with van der Waals surface area (Å²) in [5, 5.41) is 12.5. The maximum absolute atomic E-state index is 9.76. The van der Waals surface area contributed by atoms with Crippen LogP contribution in [0.4, 0.5) is 0 Å². The van der Waals surface area contributed by atoms with E-state index in [0.29, 0.717) is 35.3 Å². The zero-order chi connectivity index (χ0) is 22.8. The predicted octanol–water partition coefficient (Wildman–Crippen LogP) is 7.18. The Balaban J connectivity index is 1.83. The Morgan fingerprint density at radius 3 is 2.62 bits per heavy atom. The van der Waals surface area contributed by atoms with Crippen molar-refractivity contribution in [3.05, 3.63) is 76.6 Å². The number of nitrogens with zero attached hydrogens (tertiary/aromatic N) is 2. The first-order valence-corrected chi connectivity index (χ1v) is 11.7. The number of rotatable bonds is 11. The van der Waals surface area contributed by atoms with Gasteiger partial charge in [0.2, 0.25) is 0 Å². The standard InChI is InChI=1S/C27H28N2O2S/c1-4-7-8-20-9-12-22(13-10-20)24-19-32-27(29-24)23(18-28)16-21-11-14-25(31-15-5-2)26(17-21)30-6-3/h5,9-14,16-17,19H,2,4,6-8,15H2,1,3H3/b23-16+. The molecule has 0 aliphatic carbocycles. The second-order valence-corrected chi connectivity index (χ2v) is 8.11. The van der Waals surface area contributed by atoms with Gasteiger partial charge in [-0.05, 0) is 49.1 Å². The Morgan fingerprint density at radius 1 is 1.12 bits per heavy atom. The molecule has 3 aromatic rings. The third kappa shape index (κ3) is 6.09. The van der Waals surface area contributed by atoms with Gasteiger partial charge in [-0.15, -0.1) is 11.3 Å². The highest BCUT2D eigenvalue weighted by molar-refractivity contribution is 7.11. The molecule has 0 saturated heterocycles. The third-order valence-electron chi connectivity index (χ3n) is 4.86. The van der Waals surface area contributed by atoms with Crippen molar-refractivity contribution in [2.75, 3.05) is 13.2 Å². The van der Waals surface area contributed by atoms with Crippen molar-refractivity contribution in [1.82, 2.24) is 4.98 Å². The average molecular weight is 445 g/mol. The lowest BCUT2D eigenvalue weighted by atomic mass is 10.1. The van der Waals surface area contributed by atoms with Crippen LogP contribution in [-0.4, -0.2) is 18.2 Å². The van der Waals surface area contributed by atoms with Crippen molar-refractivity contribution in [3.63, 3.8) is 0 Å². The Kier molecular flexibility index (Phi) is 8.65. The van der Waals surface area contributed by atoms with E-state index in [9.17, 15) is 5.26 Å². The van der Waals surface area contributed by atoms with Crippen LogP contribution in [0, 0.1) is 11.3 Å². The van der Waals surface area contributed by atoms with Crippen LogP contribution in [0.5, 0.6) is 11.5 Å². The molecule has 32 heavy (non-hydrogen) atoms. The quantitative estimate of drug-likeness (QED) is 0.232. The number of hydrogen-bond acceptors (Lipinski definition) is 5. The van der Waals surface area contributed by atoms with Gasteiger partial charge in [-0.25, -0.2) is 4.98 Å². The van der Waals surface area contributed by atoms with Gasteiger partial charge in [0.05, 0.1) is 17.9 Å². The lowest BCUT2D eigenvalue weighted by molar-refractivity contribution is 0.297. The molecule has 4 nitrogen and oxygen atoms in total. The highest BCUT2D eigenvalue weighted by Crippen LogP contribution is 2.32. The molecule has 3 rings (SSSR count). The monoisotopic (exact) mass is 444 g/mol. The molecular formula is C27H28N2O2S. The number of nitriles is 1. The summed E-state index contributed by atoms with van der Waals surface area (Å²) in [5.41, 5.74) is 4.66. The summed E-state index contributed by atoms with van der Waals surface area (Å²) in [6.45, 7) is 8.73. The summed E-state index contributed by atoms with van der Waals surface area (Å²) in [5.74, 6) is 1.30. The average Bonchev–Trinajstić information content (AvgIpc) is 3.31. The van der Waals surface area contributed by atoms with Crippen molar-refractivity contribution in [3.8, 4) is 28.8 Å². The molecule has 0 N–H and O–H groups in total. The van der Waals surface area contributed by atoms with E-state index in [1.165, 1.54) is 29.7 Å². The predicted molar refractivity (Wildman–Crippen MR) is 133 cm³/mol. The fourth-order valence-electron chi connectivity index (χ4n) is 3.21. The second-order valence-electron chi connectivity index (χ2n) is 7.25. The van der Waals surface area contributed by atoms with Gasteiger partial charge in [0.15, 0.2) is 11.5 Å². The molecule has 2 aromatic carbocycles. The number of unbranched alkanes of at least 4 members (excludes halogenated alkanes) is 1. The van der Waals surface area contributed by atoms with Gasteiger partial charge in [0.1, 0.15) is 17.7 Å². The molecule has 5 heteroatoms. The van der Waals surface area contributed by atoms with E-state index in [4.69, 9.17) is 14.5 Å². The fraction of sp³-hybridized carbons (Fsp3) is 0.259.